The second-order valence-electron chi connectivity index (χ2n) is 2.12. The summed E-state index contributed by atoms with van der Waals surface area (Å²) >= 11 is 0. The molecular weight excluding hydrogens is 173 g/mol. The van der Waals surface area contributed by atoms with Crippen LogP contribution in [-0.2, 0) is 0 Å². The Kier molecular flexibility index (Phi) is 2.27. The van der Waals surface area contributed by atoms with Crippen molar-refractivity contribution in [1.82, 2.24) is 9.97 Å². The highest BCUT2D eigenvalue weighted by atomic mass is 19.4. The third-order valence-electron chi connectivity index (χ3n) is 1.21. The molecule has 0 aromatic carbocycles. The first kappa shape index (κ1) is 8.92. The molecule has 0 fully saturated rings. The van der Waals surface area contributed by atoms with E-state index in [-0.39, 0.29) is 5.56 Å². The minimum atomic E-state index is -4.66. The second kappa shape index (κ2) is 3.06. The fraction of sp³-hybridized carbons (Fsp3) is 0.333. The quantitative estimate of drug-likeness (QED) is 0.699. The molecule has 1 atom stereocenters. The molecule has 0 radical (unpaired) electrons. The molecule has 1 heterocycles. The van der Waals surface area contributed by atoms with Gasteiger partial charge in [-0.25, -0.2) is 9.97 Å². The number of alkyl halides is 3. The van der Waals surface area contributed by atoms with Crippen LogP contribution in [0.3, 0.4) is 0 Å². The summed E-state index contributed by atoms with van der Waals surface area (Å²) in [7, 11) is 0. The van der Waals surface area contributed by atoms with Gasteiger partial charge in [0.15, 0.2) is 6.10 Å². The van der Waals surface area contributed by atoms with Crippen LogP contribution in [0.5, 0.6) is 0 Å². The monoisotopic (exact) mass is 178 g/mol. The molecule has 0 spiro atoms. The molecule has 3 nitrogen and oxygen atoms in total. The van der Waals surface area contributed by atoms with Gasteiger partial charge in [-0.1, -0.05) is 0 Å². The van der Waals surface area contributed by atoms with E-state index in [1.165, 1.54) is 0 Å². The standard InChI is InChI=1S/C6H5F3N2O/c7-6(8,9)5(12)4-1-10-3-11-2-4/h1-3,5,12H/t5-/m0/s1. The minimum Gasteiger partial charge on any atom is -0.379 e. The van der Waals surface area contributed by atoms with Crippen molar-refractivity contribution in [2.75, 3.05) is 0 Å². The third-order valence-corrected chi connectivity index (χ3v) is 1.21. The molecule has 66 valence electrons. The fourth-order valence-electron chi connectivity index (χ4n) is 0.641. The first-order valence-electron chi connectivity index (χ1n) is 3.01. The van der Waals surface area contributed by atoms with E-state index >= 15 is 0 Å². The summed E-state index contributed by atoms with van der Waals surface area (Å²) in [4.78, 5) is 6.70. The summed E-state index contributed by atoms with van der Waals surface area (Å²) in [5.74, 6) is 0. The minimum absolute atomic E-state index is 0.356. The van der Waals surface area contributed by atoms with Gasteiger partial charge in [-0.3, -0.25) is 0 Å². The Bertz CT molecular complexity index is 249. The van der Waals surface area contributed by atoms with E-state index in [9.17, 15) is 13.2 Å². The van der Waals surface area contributed by atoms with Crippen LogP contribution in [0.1, 0.15) is 11.7 Å². The lowest BCUT2D eigenvalue weighted by Crippen LogP contribution is -2.20. The van der Waals surface area contributed by atoms with Gasteiger partial charge in [0, 0.05) is 18.0 Å². The van der Waals surface area contributed by atoms with E-state index < -0.39 is 12.3 Å². The second-order valence-corrected chi connectivity index (χ2v) is 2.12. The number of hydrogen-bond acceptors (Lipinski definition) is 3. The van der Waals surface area contributed by atoms with Gasteiger partial charge in [0.05, 0.1) is 0 Å². The molecule has 1 rings (SSSR count). The molecule has 0 aliphatic rings. The van der Waals surface area contributed by atoms with Crippen molar-refractivity contribution in [1.29, 1.82) is 0 Å². The number of aliphatic hydroxyl groups excluding tert-OH is 1. The van der Waals surface area contributed by atoms with Crippen LogP contribution in [0.4, 0.5) is 13.2 Å². The molecule has 0 amide bonds. The maximum atomic E-state index is 11.8. The molecule has 1 N–H and O–H groups in total. The van der Waals surface area contributed by atoms with Crippen LogP contribution in [-0.4, -0.2) is 21.3 Å². The van der Waals surface area contributed by atoms with Gasteiger partial charge < -0.3 is 5.11 Å². The van der Waals surface area contributed by atoms with Gasteiger partial charge in [0.1, 0.15) is 6.33 Å². The smallest absolute Gasteiger partial charge is 0.379 e. The highest BCUT2D eigenvalue weighted by molar-refractivity contribution is 5.08. The Morgan fingerprint density at radius 3 is 2.17 bits per heavy atom. The predicted octanol–water partition coefficient (Wildman–Crippen LogP) is 1.07. The van der Waals surface area contributed by atoms with Gasteiger partial charge >= 0.3 is 6.18 Å². The predicted molar refractivity (Wildman–Crippen MR) is 33.0 cm³/mol. The van der Waals surface area contributed by atoms with E-state index in [2.05, 4.69) is 9.97 Å². The first-order valence-corrected chi connectivity index (χ1v) is 3.01. The molecule has 12 heavy (non-hydrogen) atoms. The van der Waals surface area contributed by atoms with Crippen molar-refractivity contribution in [3.8, 4) is 0 Å². The van der Waals surface area contributed by atoms with Crippen molar-refractivity contribution in [2.24, 2.45) is 0 Å². The van der Waals surface area contributed by atoms with Crippen molar-refractivity contribution in [3.63, 3.8) is 0 Å². The van der Waals surface area contributed by atoms with Gasteiger partial charge in [-0.05, 0) is 0 Å². The molecule has 0 aliphatic heterocycles. The average Bonchev–Trinajstić information content (AvgIpc) is 2.03. The number of aliphatic hydroxyl groups is 1. The van der Waals surface area contributed by atoms with Crippen molar-refractivity contribution in [3.05, 3.63) is 24.3 Å². The summed E-state index contributed by atoms with van der Waals surface area (Å²) in [6.07, 6.45) is -4.23. The van der Waals surface area contributed by atoms with E-state index in [0.29, 0.717) is 0 Å². The normalized spacial score (nSPS) is 14.3. The summed E-state index contributed by atoms with van der Waals surface area (Å²) in [6, 6.07) is 0. The summed E-state index contributed by atoms with van der Waals surface area (Å²) in [5.41, 5.74) is -0.356. The Hall–Kier alpha value is -1.17. The topological polar surface area (TPSA) is 46.0 Å². The zero-order chi connectivity index (χ0) is 9.19. The maximum absolute atomic E-state index is 11.8. The summed E-state index contributed by atoms with van der Waals surface area (Å²) in [6.45, 7) is 0. The van der Waals surface area contributed by atoms with E-state index in [1.807, 2.05) is 0 Å². The zero-order valence-electron chi connectivity index (χ0n) is 5.78. The number of nitrogens with zero attached hydrogens (tertiary/aromatic N) is 2. The first-order chi connectivity index (χ1) is 5.52. The van der Waals surface area contributed by atoms with Crippen LogP contribution >= 0.6 is 0 Å². The highest BCUT2D eigenvalue weighted by Crippen LogP contribution is 2.31. The lowest BCUT2D eigenvalue weighted by Gasteiger charge is -2.13. The van der Waals surface area contributed by atoms with Crippen LogP contribution < -0.4 is 0 Å². The molecule has 0 aliphatic carbocycles. The molecule has 1 aromatic rings. The van der Waals surface area contributed by atoms with Gasteiger partial charge in [0.25, 0.3) is 0 Å². The van der Waals surface area contributed by atoms with Crippen LogP contribution in [0.15, 0.2) is 18.7 Å². The van der Waals surface area contributed by atoms with E-state index in [0.717, 1.165) is 18.7 Å². The Morgan fingerprint density at radius 1 is 1.25 bits per heavy atom. The zero-order valence-corrected chi connectivity index (χ0v) is 5.78. The summed E-state index contributed by atoms with van der Waals surface area (Å²) < 4.78 is 35.5. The Morgan fingerprint density at radius 2 is 1.75 bits per heavy atom. The molecule has 0 saturated carbocycles. The van der Waals surface area contributed by atoms with Crippen molar-refractivity contribution in [2.45, 2.75) is 12.3 Å². The molecule has 0 bridgehead atoms. The molecule has 0 saturated heterocycles. The number of halogens is 3. The summed E-state index contributed by atoms with van der Waals surface area (Å²) in [5, 5.41) is 8.65. The highest BCUT2D eigenvalue weighted by Gasteiger charge is 2.39. The van der Waals surface area contributed by atoms with E-state index in [4.69, 9.17) is 5.11 Å². The maximum Gasteiger partial charge on any atom is 0.418 e. The molecular formula is C6H5F3N2O. The van der Waals surface area contributed by atoms with E-state index in [1.54, 1.807) is 0 Å². The van der Waals surface area contributed by atoms with Gasteiger partial charge in [0.2, 0.25) is 0 Å². The molecule has 0 unspecified atom stereocenters. The molecule has 6 heteroatoms. The SMILES string of the molecule is O[C@@H](c1cncnc1)C(F)(F)F. The Balaban J connectivity index is 2.86. The van der Waals surface area contributed by atoms with Crippen molar-refractivity contribution >= 4 is 0 Å². The number of hydrogen-bond donors (Lipinski definition) is 1. The largest absolute Gasteiger partial charge is 0.418 e. The lowest BCUT2D eigenvalue weighted by atomic mass is 10.2. The van der Waals surface area contributed by atoms with Crippen LogP contribution in [0, 0.1) is 0 Å². The fourth-order valence-corrected chi connectivity index (χ4v) is 0.641. The van der Waals surface area contributed by atoms with Gasteiger partial charge in [-0.15, -0.1) is 0 Å². The Labute approximate surface area is 65.9 Å². The van der Waals surface area contributed by atoms with Crippen LogP contribution in [0.25, 0.3) is 0 Å². The number of rotatable bonds is 1. The number of aromatic nitrogens is 2. The average molecular weight is 178 g/mol. The van der Waals surface area contributed by atoms with Gasteiger partial charge in [-0.2, -0.15) is 13.2 Å². The third kappa shape index (κ3) is 1.91. The van der Waals surface area contributed by atoms with Crippen molar-refractivity contribution < 1.29 is 18.3 Å². The van der Waals surface area contributed by atoms with Crippen LogP contribution in [0.2, 0.25) is 0 Å². The lowest BCUT2D eigenvalue weighted by molar-refractivity contribution is -0.206. The molecule has 1 aromatic heterocycles.